The first-order valence-corrected chi connectivity index (χ1v) is 6.99. The molecule has 0 bridgehead atoms. The maximum absolute atomic E-state index is 11.7. The van der Waals surface area contributed by atoms with E-state index in [1.54, 1.807) is 6.92 Å². The summed E-state index contributed by atoms with van der Waals surface area (Å²) in [5.41, 5.74) is 4.10. The molecule has 1 rings (SSSR count). The predicted molar refractivity (Wildman–Crippen MR) is 78.5 cm³/mol. The van der Waals surface area contributed by atoms with Crippen molar-refractivity contribution < 1.29 is 4.79 Å². The number of carbonyl (C=O) groups is 1. The van der Waals surface area contributed by atoms with Crippen LogP contribution in [0.15, 0.2) is 34.9 Å². The molecule has 0 saturated carbocycles. The molecule has 0 aromatic rings. The van der Waals surface area contributed by atoms with E-state index in [1.165, 1.54) is 16.7 Å². The van der Waals surface area contributed by atoms with Gasteiger partial charge in [0.25, 0.3) is 0 Å². The molecule has 0 aromatic carbocycles. The number of allylic oxidation sites excluding steroid dienone is 6. The summed E-state index contributed by atoms with van der Waals surface area (Å²) in [6, 6.07) is 0. The van der Waals surface area contributed by atoms with Crippen molar-refractivity contribution in [2.45, 2.75) is 59.8 Å². The van der Waals surface area contributed by atoms with Crippen molar-refractivity contribution in [1.29, 1.82) is 0 Å². The second-order valence-electron chi connectivity index (χ2n) is 5.53. The lowest BCUT2D eigenvalue weighted by molar-refractivity contribution is -0.119. The van der Waals surface area contributed by atoms with Gasteiger partial charge in [-0.1, -0.05) is 34.9 Å². The molecule has 1 heteroatoms. The molecule has 0 amide bonds. The summed E-state index contributed by atoms with van der Waals surface area (Å²) in [7, 11) is 0. The van der Waals surface area contributed by atoms with Crippen LogP contribution in [0.3, 0.4) is 0 Å². The highest BCUT2D eigenvalue weighted by Crippen LogP contribution is 2.23. The second kappa shape index (κ2) is 7.35. The maximum Gasteiger partial charge on any atom is 0.136 e. The summed E-state index contributed by atoms with van der Waals surface area (Å²) >= 11 is 0. The number of Topliss-reactive ketones (excluding diaryl/α,β-unsaturated/α-hetero) is 1. The van der Waals surface area contributed by atoms with E-state index >= 15 is 0 Å². The fraction of sp³-hybridized carbons (Fsp3) is 0.588. The second-order valence-corrected chi connectivity index (χ2v) is 5.53. The van der Waals surface area contributed by atoms with E-state index in [1.807, 2.05) is 0 Å². The molecule has 18 heavy (non-hydrogen) atoms. The smallest absolute Gasteiger partial charge is 0.136 e. The molecule has 1 atom stereocenters. The van der Waals surface area contributed by atoms with Crippen LogP contribution in [0.2, 0.25) is 0 Å². The molecule has 1 nitrogen and oxygen atoms in total. The topological polar surface area (TPSA) is 17.1 Å². The summed E-state index contributed by atoms with van der Waals surface area (Å²) in [5.74, 6) is 0.413. The third-order valence-electron chi connectivity index (χ3n) is 3.81. The van der Waals surface area contributed by atoms with Crippen LogP contribution in [0.25, 0.3) is 0 Å². The lowest BCUT2D eigenvalue weighted by Gasteiger charge is -2.15. The number of hydrogen-bond acceptors (Lipinski definition) is 1. The molecular formula is C17H26O. The van der Waals surface area contributed by atoms with Crippen molar-refractivity contribution in [3.63, 3.8) is 0 Å². The lowest BCUT2D eigenvalue weighted by atomic mass is 9.89. The van der Waals surface area contributed by atoms with Crippen molar-refractivity contribution in [2.24, 2.45) is 5.92 Å². The highest BCUT2D eigenvalue weighted by atomic mass is 16.1. The van der Waals surface area contributed by atoms with Gasteiger partial charge in [0.15, 0.2) is 0 Å². The fourth-order valence-corrected chi connectivity index (χ4v) is 2.46. The molecule has 0 heterocycles. The van der Waals surface area contributed by atoms with Gasteiger partial charge in [0, 0.05) is 5.92 Å². The van der Waals surface area contributed by atoms with Crippen molar-refractivity contribution in [3.05, 3.63) is 34.9 Å². The van der Waals surface area contributed by atoms with Crippen LogP contribution >= 0.6 is 0 Å². The van der Waals surface area contributed by atoms with Crippen molar-refractivity contribution >= 4 is 5.78 Å². The van der Waals surface area contributed by atoms with Gasteiger partial charge in [-0.25, -0.2) is 0 Å². The van der Waals surface area contributed by atoms with Crippen molar-refractivity contribution in [1.82, 2.24) is 0 Å². The molecule has 0 radical (unpaired) electrons. The van der Waals surface area contributed by atoms with Crippen LogP contribution < -0.4 is 0 Å². The van der Waals surface area contributed by atoms with E-state index < -0.39 is 0 Å². The molecule has 0 spiro atoms. The lowest BCUT2D eigenvalue weighted by Crippen LogP contribution is -2.12. The summed E-state index contributed by atoms with van der Waals surface area (Å²) < 4.78 is 0. The van der Waals surface area contributed by atoms with Crippen LogP contribution in [0, 0.1) is 5.92 Å². The van der Waals surface area contributed by atoms with Gasteiger partial charge in [0.05, 0.1) is 0 Å². The number of rotatable bonds is 1. The SMILES string of the molecule is CC(=O)[C@@H]1CC/C(C)=C\CC/C(C)=C\CC=C1C. The average molecular weight is 246 g/mol. The van der Waals surface area contributed by atoms with Gasteiger partial charge in [-0.05, 0) is 59.8 Å². The minimum Gasteiger partial charge on any atom is -0.299 e. The Morgan fingerprint density at radius 1 is 1.06 bits per heavy atom. The summed E-state index contributed by atoms with van der Waals surface area (Å²) in [4.78, 5) is 11.7. The van der Waals surface area contributed by atoms with E-state index in [-0.39, 0.29) is 5.92 Å². The van der Waals surface area contributed by atoms with Gasteiger partial charge >= 0.3 is 0 Å². The van der Waals surface area contributed by atoms with Gasteiger partial charge in [-0.15, -0.1) is 0 Å². The third kappa shape index (κ3) is 5.03. The Labute approximate surface area is 112 Å². The van der Waals surface area contributed by atoms with Gasteiger partial charge in [-0.2, -0.15) is 0 Å². The molecule has 0 aliphatic heterocycles. The van der Waals surface area contributed by atoms with Crippen LogP contribution in [0.4, 0.5) is 0 Å². The van der Waals surface area contributed by atoms with Gasteiger partial charge < -0.3 is 0 Å². The number of hydrogen-bond donors (Lipinski definition) is 0. The molecule has 0 fully saturated rings. The fourth-order valence-electron chi connectivity index (χ4n) is 2.46. The minimum absolute atomic E-state index is 0.112. The van der Waals surface area contributed by atoms with E-state index in [2.05, 4.69) is 39.0 Å². The zero-order valence-electron chi connectivity index (χ0n) is 12.3. The Morgan fingerprint density at radius 2 is 1.72 bits per heavy atom. The minimum atomic E-state index is 0.112. The first-order valence-electron chi connectivity index (χ1n) is 6.99. The Morgan fingerprint density at radius 3 is 2.39 bits per heavy atom. The van der Waals surface area contributed by atoms with Crippen LogP contribution in [0.5, 0.6) is 0 Å². The van der Waals surface area contributed by atoms with E-state index in [4.69, 9.17) is 0 Å². The molecule has 1 aliphatic rings. The Kier molecular flexibility index (Phi) is 6.11. The predicted octanol–water partition coefficient (Wildman–Crippen LogP) is 4.99. The molecule has 0 N–H and O–H groups in total. The van der Waals surface area contributed by atoms with E-state index in [0.29, 0.717) is 5.78 Å². The highest BCUT2D eigenvalue weighted by Gasteiger charge is 2.15. The largest absolute Gasteiger partial charge is 0.299 e. The number of ketones is 1. The zero-order chi connectivity index (χ0) is 13.5. The number of carbonyl (C=O) groups excluding carboxylic acids is 1. The molecule has 0 unspecified atom stereocenters. The molecule has 1 aliphatic carbocycles. The van der Waals surface area contributed by atoms with Gasteiger partial charge in [-0.3, -0.25) is 4.79 Å². The highest BCUT2D eigenvalue weighted by molar-refractivity contribution is 5.81. The Hall–Kier alpha value is -1.11. The van der Waals surface area contributed by atoms with Crippen molar-refractivity contribution in [2.75, 3.05) is 0 Å². The normalized spacial score (nSPS) is 28.9. The van der Waals surface area contributed by atoms with Crippen molar-refractivity contribution in [3.8, 4) is 0 Å². The Bertz CT molecular complexity index is 382. The van der Waals surface area contributed by atoms with Crippen LogP contribution in [-0.2, 0) is 4.79 Å². The zero-order valence-corrected chi connectivity index (χ0v) is 12.3. The summed E-state index contributed by atoms with van der Waals surface area (Å²) in [6.45, 7) is 8.19. The quantitative estimate of drug-likeness (QED) is 0.595. The molecule has 0 aromatic heterocycles. The Balaban J connectivity index is 2.89. The maximum atomic E-state index is 11.7. The summed E-state index contributed by atoms with van der Waals surface area (Å²) in [5, 5.41) is 0. The first kappa shape index (κ1) is 14.9. The standard InChI is InChI=1S/C17H26O/c1-13-7-5-8-14(2)11-12-17(16(4)18)15(3)10-6-9-13/h8-10,17H,5-7,11-12H2,1-4H3/b13-9-,14-8-,15-10?/t17-/m1/s1. The van der Waals surface area contributed by atoms with Crippen LogP contribution in [0.1, 0.15) is 59.8 Å². The third-order valence-corrected chi connectivity index (χ3v) is 3.81. The van der Waals surface area contributed by atoms with E-state index in [0.717, 1.165) is 32.1 Å². The van der Waals surface area contributed by atoms with Gasteiger partial charge in [0.2, 0.25) is 0 Å². The molecule has 0 saturated heterocycles. The van der Waals surface area contributed by atoms with Crippen LogP contribution in [-0.4, -0.2) is 5.78 Å². The average Bonchev–Trinajstić information content (AvgIpc) is 2.27. The van der Waals surface area contributed by atoms with E-state index in [9.17, 15) is 4.79 Å². The van der Waals surface area contributed by atoms with Gasteiger partial charge in [0.1, 0.15) is 5.78 Å². The monoisotopic (exact) mass is 246 g/mol. The molecular weight excluding hydrogens is 220 g/mol. The molecule has 100 valence electrons. The summed E-state index contributed by atoms with van der Waals surface area (Å²) in [6.07, 6.45) is 12.1. The first-order chi connectivity index (χ1) is 8.50.